The molecule has 0 atom stereocenters. The van der Waals surface area contributed by atoms with Crippen molar-refractivity contribution in [3.05, 3.63) is 35.4 Å². The van der Waals surface area contributed by atoms with Crippen LogP contribution in [0.3, 0.4) is 0 Å². The maximum atomic E-state index is 5.50. The van der Waals surface area contributed by atoms with Crippen molar-refractivity contribution in [2.75, 3.05) is 20.6 Å². The molecule has 0 radical (unpaired) electrons. The summed E-state index contributed by atoms with van der Waals surface area (Å²) >= 11 is 0. The molecule has 1 aromatic carbocycles. The summed E-state index contributed by atoms with van der Waals surface area (Å²) in [5.74, 6) is 0. The van der Waals surface area contributed by atoms with E-state index in [0.717, 1.165) is 19.5 Å². The number of hydrogen-bond acceptors (Lipinski definition) is 2. The lowest BCUT2D eigenvalue weighted by atomic mass is 10.1. The summed E-state index contributed by atoms with van der Waals surface area (Å²) in [7, 11) is 4.16. The van der Waals surface area contributed by atoms with Gasteiger partial charge in [0.2, 0.25) is 0 Å². The Balaban J connectivity index is 0. The van der Waals surface area contributed by atoms with Gasteiger partial charge >= 0.3 is 0 Å². The van der Waals surface area contributed by atoms with E-state index in [1.807, 2.05) is 0 Å². The molecule has 15 heavy (non-hydrogen) atoms. The molecular weight excluding hydrogens is 231 g/mol. The summed E-state index contributed by atoms with van der Waals surface area (Å²) in [6.07, 6.45) is 0.973. The zero-order valence-corrected chi connectivity index (χ0v) is 10.9. The quantitative estimate of drug-likeness (QED) is 0.887. The third-order valence-electron chi connectivity index (χ3n) is 1.92. The van der Waals surface area contributed by atoms with Gasteiger partial charge in [0.05, 0.1) is 0 Å². The van der Waals surface area contributed by atoms with Gasteiger partial charge in [0.15, 0.2) is 0 Å². The third kappa shape index (κ3) is 6.74. The van der Waals surface area contributed by atoms with Crippen LogP contribution in [0.5, 0.6) is 0 Å². The highest BCUT2D eigenvalue weighted by atomic mass is 35.5. The Bertz CT molecular complexity index is 265. The number of nitrogens with zero attached hydrogens (tertiary/aromatic N) is 1. The highest BCUT2D eigenvalue weighted by Gasteiger charge is 1.96. The van der Waals surface area contributed by atoms with Crippen LogP contribution in [0.1, 0.15) is 11.1 Å². The molecular formula is C11H20Cl2N2. The highest BCUT2D eigenvalue weighted by molar-refractivity contribution is 5.85. The van der Waals surface area contributed by atoms with Crippen LogP contribution in [-0.4, -0.2) is 25.5 Å². The minimum Gasteiger partial charge on any atom is -0.330 e. The van der Waals surface area contributed by atoms with Crippen LogP contribution in [0.15, 0.2) is 24.3 Å². The van der Waals surface area contributed by atoms with E-state index in [0.29, 0.717) is 0 Å². The summed E-state index contributed by atoms with van der Waals surface area (Å²) in [4.78, 5) is 2.17. The van der Waals surface area contributed by atoms with Crippen molar-refractivity contribution in [2.45, 2.75) is 13.0 Å². The van der Waals surface area contributed by atoms with Gasteiger partial charge in [-0.1, -0.05) is 24.3 Å². The van der Waals surface area contributed by atoms with Gasteiger partial charge in [-0.25, -0.2) is 0 Å². The minimum atomic E-state index is 0. The van der Waals surface area contributed by atoms with Crippen molar-refractivity contribution in [3.8, 4) is 0 Å². The lowest BCUT2D eigenvalue weighted by Gasteiger charge is -2.10. The van der Waals surface area contributed by atoms with Gasteiger partial charge in [0.25, 0.3) is 0 Å². The molecule has 0 heterocycles. The predicted octanol–water partition coefficient (Wildman–Crippen LogP) is 2.09. The summed E-state index contributed by atoms with van der Waals surface area (Å²) in [5.41, 5.74) is 8.19. The Morgan fingerprint density at radius 2 is 1.73 bits per heavy atom. The van der Waals surface area contributed by atoms with Crippen molar-refractivity contribution in [1.29, 1.82) is 0 Å². The van der Waals surface area contributed by atoms with E-state index in [4.69, 9.17) is 5.73 Å². The second-order valence-electron chi connectivity index (χ2n) is 3.60. The van der Waals surface area contributed by atoms with Crippen LogP contribution in [0.25, 0.3) is 0 Å². The van der Waals surface area contributed by atoms with E-state index in [2.05, 4.69) is 43.3 Å². The lowest BCUT2D eigenvalue weighted by molar-refractivity contribution is 0.402. The van der Waals surface area contributed by atoms with Crippen LogP contribution >= 0.6 is 24.8 Å². The van der Waals surface area contributed by atoms with Gasteiger partial charge in [-0.2, -0.15) is 0 Å². The summed E-state index contributed by atoms with van der Waals surface area (Å²) in [5, 5.41) is 0. The van der Waals surface area contributed by atoms with Crippen LogP contribution in [0.2, 0.25) is 0 Å². The van der Waals surface area contributed by atoms with Gasteiger partial charge in [0, 0.05) is 6.54 Å². The van der Waals surface area contributed by atoms with Gasteiger partial charge in [-0.3, -0.25) is 0 Å². The van der Waals surface area contributed by atoms with E-state index in [9.17, 15) is 0 Å². The molecule has 1 rings (SSSR count). The molecule has 0 aromatic heterocycles. The van der Waals surface area contributed by atoms with Gasteiger partial charge in [-0.05, 0) is 38.2 Å². The average Bonchev–Trinajstić information content (AvgIpc) is 2.04. The predicted molar refractivity (Wildman–Crippen MR) is 71.1 cm³/mol. The molecule has 1 aromatic rings. The molecule has 4 heteroatoms. The van der Waals surface area contributed by atoms with Gasteiger partial charge in [-0.15, -0.1) is 24.8 Å². The van der Waals surface area contributed by atoms with Crippen LogP contribution in [-0.2, 0) is 13.0 Å². The number of hydrogen-bond donors (Lipinski definition) is 1. The van der Waals surface area contributed by atoms with Crippen molar-refractivity contribution < 1.29 is 0 Å². The van der Waals surface area contributed by atoms with E-state index < -0.39 is 0 Å². The van der Waals surface area contributed by atoms with Crippen molar-refractivity contribution in [2.24, 2.45) is 5.73 Å². The first-order valence-electron chi connectivity index (χ1n) is 4.65. The molecule has 2 nitrogen and oxygen atoms in total. The summed E-state index contributed by atoms with van der Waals surface area (Å²) in [6, 6.07) is 8.61. The van der Waals surface area contributed by atoms with E-state index in [1.54, 1.807) is 0 Å². The Morgan fingerprint density at radius 1 is 1.13 bits per heavy atom. The van der Waals surface area contributed by atoms with E-state index in [1.165, 1.54) is 11.1 Å². The first kappa shape index (κ1) is 17.1. The number of halogens is 2. The van der Waals surface area contributed by atoms with Gasteiger partial charge < -0.3 is 10.6 Å². The standard InChI is InChI=1S/C11H18N2.2ClH/c1-13(2)9-11-5-3-4-10(8-11)6-7-12;;/h3-5,8H,6-7,9,12H2,1-2H3;2*1H. The minimum absolute atomic E-state index is 0. The fourth-order valence-corrected chi connectivity index (χ4v) is 1.42. The second-order valence-corrected chi connectivity index (χ2v) is 3.60. The first-order chi connectivity index (χ1) is 6.22. The lowest BCUT2D eigenvalue weighted by Crippen LogP contribution is -2.11. The SMILES string of the molecule is CN(C)Cc1cccc(CCN)c1.Cl.Cl. The molecule has 0 aliphatic heterocycles. The maximum absolute atomic E-state index is 5.50. The van der Waals surface area contributed by atoms with Crippen molar-refractivity contribution in [1.82, 2.24) is 4.90 Å². The number of benzene rings is 1. The monoisotopic (exact) mass is 250 g/mol. The van der Waals surface area contributed by atoms with Crippen LogP contribution in [0, 0.1) is 0 Å². The highest BCUT2D eigenvalue weighted by Crippen LogP contribution is 2.06. The van der Waals surface area contributed by atoms with Gasteiger partial charge in [0.1, 0.15) is 0 Å². The topological polar surface area (TPSA) is 29.3 Å². The zero-order valence-electron chi connectivity index (χ0n) is 9.27. The Kier molecular flexibility index (Phi) is 10.3. The molecule has 0 saturated carbocycles. The number of nitrogens with two attached hydrogens (primary N) is 1. The van der Waals surface area contributed by atoms with E-state index in [-0.39, 0.29) is 24.8 Å². The summed E-state index contributed by atoms with van der Waals surface area (Å²) < 4.78 is 0. The van der Waals surface area contributed by atoms with Crippen LogP contribution in [0.4, 0.5) is 0 Å². The molecule has 0 amide bonds. The fourth-order valence-electron chi connectivity index (χ4n) is 1.42. The fraction of sp³-hybridized carbons (Fsp3) is 0.455. The number of rotatable bonds is 4. The molecule has 88 valence electrons. The molecule has 0 unspecified atom stereocenters. The summed E-state index contributed by atoms with van der Waals surface area (Å²) in [6.45, 7) is 1.73. The Hall–Kier alpha value is -0.280. The molecule has 0 aliphatic carbocycles. The maximum Gasteiger partial charge on any atom is 0.0227 e. The third-order valence-corrected chi connectivity index (χ3v) is 1.92. The average molecular weight is 251 g/mol. The van der Waals surface area contributed by atoms with E-state index >= 15 is 0 Å². The molecule has 2 N–H and O–H groups in total. The normalized spacial score (nSPS) is 9.33. The molecule has 0 fully saturated rings. The van der Waals surface area contributed by atoms with Crippen LogP contribution < -0.4 is 5.73 Å². The first-order valence-corrected chi connectivity index (χ1v) is 4.65. The zero-order chi connectivity index (χ0) is 9.68. The largest absolute Gasteiger partial charge is 0.330 e. The smallest absolute Gasteiger partial charge is 0.0227 e. The molecule has 0 saturated heterocycles. The second kappa shape index (κ2) is 8.98. The molecule has 0 bridgehead atoms. The van der Waals surface area contributed by atoms with Crippen molar-refractivity contribution >= 4 is 24.8 Å². The molecule has 0 spiro atoms. The Labute approximate surface area is 105 Å². The molecule has 0 aliphatic rings. The van der Waals surface area contributed by atoms with Crippen molar-refractivity contribution in [3.63, 3.8) is 0 Å². The Morgan fingerprint density at radius 3 is 2.27 bits per heavy atom.